The van der Waals surface area contributed by atoms with Gasteiger partial charge in [0.05, 0.1) is 12.8 Å². The van der Waals surface area contributed by atoms with E-state index in [-0.39, 0.29) is 5.91 Å². The SMILES string of the molecule is CCC(=O)n1nc(-c2ccc(C)cc2)nc1NCc1ccco1. The van der Waals surface area contributed by atoms with Crippen molar-refractivity contribution in [2.45, 2.75) is 26.8 Å². The summed E-state index contributed by atoms with van der Waals surface area (Å²) in [6.07, 6.45) is 1.96. The van der Waals surface area contributed by atoms with E-state index in [1.807, 2.05) is 43.3 Å². The van der Waals surface area contributed by atoms with Gasteiger partial charge in [-0.2, -0.15) is 9.67 Å². The number of nitrogens with zero attached hydrogens (tertiary/aromatic N) is 3. The van der Waals surface area contributed by atoms with Crippen LogP contribution in [0, 0.1) is 6.92 Å². The normalized spacial score (nSPS) is 10.7. The molecule has 0 spiro atoms. The molecule has 0 saturated heterocycles. The summed E-state index contributed by atoms with van der Waals surface area (Å²) in [5, 5.41) is 7.45. The zero-order valence-corrected chi connectivity index (χ0v) is 13.1. The maximum absolute atomic E-state index is 12.1. The number of hydrogen-bond donors (Lipinski definition) is 1. The highest BCUT2D eigenvalue weighted by atomic mass is 16.3. The zero-order chi connectivity index (χ0) is 16.2. The molecule has 0 aliphatic heterocycles. The molecule has 0 fully saturated rings. The first-order chi connectivity index (χ1) is 11.2. The minimum absolute atomic E-state index is 0.113. The average Bonchev–Trinajstić information content (AvgIpc) is 3.22. The van der Waals surface area contributed by atoms with Gasteiger partial charge in [0, 0.05) is 12.0 Å². The number of carbonyl (C=O) groups excluding carboxylic acids is 1. The smallest absolute Gasteiger partial charge is 0.249 e. The van der Waals surface area contributed by atoms with Gasteiger partial charge in [-0.1, -0.05) is 36.8 Å². The van der Waals surface area contributed by atoms with Crippen molar-refractivity contribution in [3.63, 3.8) is 0 Å². The minimum atomic E-state index is -0.113. The standard InChI is InChI=1S/C17H18N4O2/c1-3-15(22)21-17(18-11-14-5-4-10-23-14)19-16(20-21)13-8-6-12(2)7-9-13/h4-10H,3,11H2,1-2H3,(H,18,19,20). The number of hydrogen-bond acceptors (Lipinski definition) is 5. The number of furan rings is 1. The van der Waals surface area contributed by atoms with Crippen LogP contribution in [-0.2, 0) is 6.54 Å². The van der Waals surface area contributed by atoms with Crippen LogP contribution >= 0.6 is 0 Å². The second-order valence-electron chi connectivity index (χ2n) is 5.22. The zero-order valence-electron chi connectivity index (χ0n) is 13.1. The summed E-state index contributed by atoms with van der Waals surface area (Å²) in [6.45, 7) is 4.26. The van der Waals surface area contributed by atoms with Crippen molar-refractivity contribution in [3.05, 3.63) is 54.0 Å². The van der Waals surface area contributed by atoms with Crippen LogP contribution in [0.15, 0.2) is 47.1 Å². The molecule has 118 valence electrons. The number of aromatic nitrogens is 3. The van der Waals surface area contributed by atoms with Crippen molar-refractivity contribution in [2.24, 2.45) is 0 Å². The van der Waals surface area contributed by atoms with Gasteiger partial charge in [0.1, 0.15) is 5.76 Å². The summed E-state index contributed by atoms with van der Waals surface area (Å²) in [4.78, 5) is 16.5. The Balaban J connectivity index is 1.90. The van der Waals surface area contributed by atoms with E-state index < -0.39 is 0 Å². The quantitative estimate of drug-likeness (QED) is 0.780. The Morgan fingerprint density at radius 1 is 1.26 bits per heavy atom. The van der Waals surface area contributed by atoms with Crippen molar-refractivity contribution in [1.82, 2.24) is 14.8 Å². The fourth-order valence-electron chi connectivity index (χ4n) is 2.15. The molecule has 2 aromatic heterocycles. The highest BCUT2D eigenvalue weighted by Crippen LogP contribution is 2.19. The lowest BCUT2D eigenvalue weighted by Gasteiger charge is -2.04. The average molecular weight is 310 g/mol. The summed E-state index contributed by atoms with van der Waals surface area (Å²) < 4.78 is 6.60. The molecule has 2 heterocycles. The number of rotatable bonds is 5. The van der Waals surface area contributed by atoms with E-state index in [4.69, 9.17) is 4.42 Å². The van der Waals surface area contributed by atoms with E-state index in [0.29, 0.717) is 24.7 Å². The molecule has 0 amide bonds. The summed E-state index contributed by atoms with van der Waals surface area (Å²) >= 11 is 0. The molecule has 0 atom stereocenters. The minimum Gasteiger partial charge on any atom is -0.467 e. The molecule has 0 aliphatic rings. The molecule has 23 heavy (non-hydrogen) atoms. The highest BCUT2D eigenvalue weighted by molar-refractivity contribution is 5.81. The predicted molar refractivity (Wildman–Crippen MR) is 87.1 cm³/mol. The number of carbonyl (C=O) groups is 1. The summed E-state index contributed by atoms with van der Waals surface area (Å²) in [6, 6.07) is 11.6. The van der Waals surface area contributed by atoms with Crippen molar-refractivity contribution >= 4 is 11.9 Å². The molecule has 3 rings (SSSR count). The van der Waals surface area contributed by atoms with Gasteiger partial charge in [-0.25, -0.2) is 0 Å². The molecular weight excluding hydrogens is 292 g/mol. The van der Waals surface area contributed by atoms with Crippen LogP contribution in [0.4, 0.5) is 5.95 Å². The summed E-state index contributed by atoms with van der Waals surface area (Å²) in [7, 11) is 0. The third-order valence-corrected chi connectivity index (χ3v) is 3.46. The molecule has 0 saturated carbocycles. The second kappa shape index (κ2) is 6.48. The molecule has 0 unspecified atom stereocenters. The van der Waals surface area contributed by atoms with E-state index in [0.717, 1.165) is 16.9 Å². The Labute approximate surface area is 134 Å². The lowest BCUT2D eigenvalue weighted by atomic mass is 10.1. The maximum Gasteiger partial charge on any atom is 0.249 e. The van der Waals surface area contributed by atoms with Crippen LogP contribution in [0.5, 0.6) is 0 Å². The van der Waals surface area contributed by atoms with Gasteiger partial charge in [-0.05, 0) is 19.1 Å². The van der Waals surface area contributed by atoms with Gasteiger partial charge in [-0.15, -0.1) is 5.10 Å². The third kappa shape index (κ3) is 3.31. The lowest BCUT2D eigenvalue weighted by molar-refractivity contribution is 0.0895. The molecule has 6 heteroatoms. The number of aryl methyl sites for hydroxylation is 1. The Kier molecular flexibility index (Phi) is 4.23. The number of anilines is 1. The number of benzene rings is 1. The van der Waals surface area contributed by atoms with E-state index >= 15 is 0 Å². The summed E-state index contributed by atoms with van der Waals surface area (Å²) in [5.74, 6) is 1.59. The predicted octanol–water partition coefficient (Wildman–Crippen LogP) is 3.51. The first-order valence-electron chi connectivity index (χ1n) is 7.51. The Morgan fingerprint density at radius 2 is 2.04 bits per heavy atom. The van der Waals surface area contributed by atoms with E-state index in [2.05, 4.69) is 15.4 Å². The van der Waals surface area contributed by atoms with Gasteiger partial charge in [0.25, 0.3) is 0 Å². The van der Waals surface area contributed by atoms with Crippen LogP contribution in [0.1, 0.15) is 29.5 Å². The topological polar surface area (TPSA) is 73.0 Å². The van der Waals surface area contributed by atoms with Crippen LogP contribution in [-0.4, -0.2) is 20.7 Å². The molecule has 0 aliphatic carbocycles. The monoisotopic (exact) mass is 310 g/mol. The fourth-order valence-corrected chi connectivity index (χ4v) is 2.15. The molecule has 0 radical (unpaired) electrons. The largest absolute Gasteiger partial charge is 0.467 e. The highest BCUT2D eigenvalue weighted by Gasteiger charge is 2.16. The van der Waals surface area contributed by atoms with E-state index in [1.54, 1.807) is 13.2 Å². The van der Waals surface area contributed by atoms with E-state index in [9.17, 15) is 4.79 Å². The molecule has 6 nitrogen and oxygen atoms in total. The second-order valence-corrected chi connectivity index (χ2v) is 5.22. The van der Waals surface area contributed by atoms with Crippen molar-refractivity contribution in [2.75, 3.05) is 5.32 Å². The van der Waals surface area contributed by atoms with Gasteiger partial charge in [-0.3, -0.25) is 4.79 Å². The molecular formula is C17H18N4O2. The van der Waals surface area contributed by atoms with E-state index in [1.165, 1.54) is 4.68 Å². The molecule has 1 N–H and O–H groups in total. The van der Waals surface area contributed by atoms with Crippen LogP contribution in [0.25, 0.3) is 11.4 Å². The maximum atomic E-state index is 12.1. The van der Waals surface area contributed by atoms with Crippen molar-refractivity contribution in [3.8, 4) is 11.4 Å². The van der Waals surface area contributed by atoms with Crippen LogP contribution < -0.4 is 5.32 Å². The van der Waals surface area contributed by atoms with Gasteiger partial charge < -0.3 is 9.73 Å². The van der Waals surface area contributed by atoms with Gasteiger partial charge >= 0.3 is 0 Å². The van der Waals surface area contributed by atoms with Gasteiger partial charge in [0.15, 0.2) is 5.82 Å². The molecule has 1 aromatic carbocycles. The first-order valence-corrected chi connectivity index (χ1v) is 7.51. The first kappa shape index (κ1) is 15.0. The Morgan fingerprint density at radius 3 is 2.70 bits per heavy atom. The number of nitrogens with one attached hydrogen (secondary N) is 1. The fraction of sp³-hybridized carbons (Fsp3) is 0.235. The molecule has 3 aromatic rings. The summed E-state index contributed by atoms with van der Waals surface area (Å²) in [5.41, 5.74) is 2.04. The van der Waals surface area contributed by atoms with Gasteiger partial charge in [0.2, 0.25) is 11.9 Å². The van der Waals surface area contributed by atoms with Crippen LogP contribution in [0.3, 0.4) is 0 Å². The Hall–Kier alpha value is -2.89. The lowest BCUT2D eigenvalue weighted by Crippen LogP contribution is -2.15. The van der Waals surface area contributed by atoms with Crippen molar-refractivity contribution in [1.29, 1.82) is 0 Å². The van der Waals surface area contributed by atoms with Crippen LogP contribution in [0.2, 0.25) is 0 Å². The Bertz CT molecular complexity index is 789. The third-order valence-electron chi connectivity index (χ3n) is 3.46. The van der Waals surface area contributed by atoms with Crippen molar-refractivity contribution < 1.29 is 9.21 Å². The molecule has 0 bridgehead atoms.